The Morgan fingerprint density at radius 1 is 1.08 bits per heavy atom. The Morgan fingerprint density at radius 2 is 1.65 bits per heavy atom. The lowest BCUT2D eigenvalue weighted by Crippen LogP contribution is -2.38. The van der Waals surface area contributed by atoms with Crippen LogP contribution in [0, 0.1) is 0 Å². The van der Waals surface area contributed by atoms with Gasteiger partial charge in [-0.25, -0.2) is 4.79 Å². The second kappa shape index (κ2) is 7.82. The number of benzene rings is 2. The number of aldehydes is 1. The van der Waals surface area contributed by atoms with Crippen LogP contribution in [0.2, 0.25) is 0 Å². The zero-order valence-electron chi connectivity index (χ0n) is 14.3. The quantitative estimate of drug-likeness (QED) is 0.638. The molecule has 0 aliphatic heterocycles. The number of carbonyl (C=O) groups is 3. The Balaban J connectivity index is 1.67. The van der Waals surface area contributed by atoms with Crippen molar-refractivity contribution in [3.63, 3.8) is 0 Å². The van der Waals surface area contributed by atoms with Crippen LogP contribution in [0.1, 0.15) is 23.5 Å². The fourth-order valence-electron chi connectivity index (χ4n) is 3.19. The molecule has 0 unspecified atom stereocenters. The van der Waals surface area contributed by atoms with E-state index in [9.17, 15) is 14.4 Å². The van der Waals surface area contributed by atoms with Crippen molar-refractivity contribution < 1.29 is 23.9 Å². The Kier molecular flexibility index (Phi) is 5.31. The van der Waals surface area contributed by atoms with Crippen LogP contribution in [0.25, 0.3) is 11.1 Å². The van der Waals surface area contributed by atoms with Crippen molar-refractivity contribution >= 4 is 18.3 Å². The Bertz CT molecular complexity index is 787. The fourth-order valence-corrected chi connectivity index (χ4v) is 3.19. The molecule has 6 heteroatoms. The maximum absolute atomic E-state index is 12.0. The largest absolute Gasteiger partial charge is 0.469 e. The number of nitrogens with one attached hydrogen (secondary N) is 1. The highest BCUT2D eigenvalue weighted by molar-refractivity contribution is 5.80. The summed E-state index contributed by atoms with van der Waals surface area (Å²) < 4.78 is 9.82. The fraction of sp³-hybridized carbons (Fsp3) is 0.250. The first-order valence-electron chi connectivity index (χ1n) is 8.27. The van der Waals surface area contributed by atoms with Gasteiger partial charge in [-0.15, -0.1) is 0 Å². The van der Waals surface area contributed by atoms with Crippen molar-refractivity contribution in [3.8, 4) is 11.1 Å². The SMILES string of the molecule is COC(=O)C[C@@H](C=O)NC(=O)OCC1c2ccccc2-c2ccccc21. The van der Waals surface area contributed by atoms with Gasteiger partial charge >= 0.3 is 12.1 Å². The number of ether oxygens (including phenoxy) is 2. The molecule has 0 saturated heterocycles. The molecule has 26 heavy (non-hydrogen) atoms. The molecule has 3 rings (SSSR count). The van der Waals surface area contributed by atoms with E-state index >= 15 is 0 Å². The number of esters is 1. The predicted molar refractivity (Wildman–Crippen MR) is 94.7 cm³/mol. The lowest BCUT2D eigenvalue weighted by atomic mass is 9.98. The third-order valence-corrected chi connectivity index (χ3v) is 4.43. The molecule has 2 aromatic rings. The molecule has 1 aliphatic rings. The Morgan fingerprint density at radius 3 is 2.19 bits per heavy atom. The minimum Gasteiger partial charge on any atom is -0.469 e. The summed E-state index contributed by atoms with van der Waals surface area (Å²) in [5.41, 5.74) is 4.47. The molecule has 0 aromatic heterocycles. The van der Waals surface area contributed by atoms with E-state index in [2.05, 4.69) is 10.1 Å². The van der Waals surface area contributed by atoms with Crippen molar-refractivity contribution in [1.82, 2.24) is 5.32 Å². The molecule has 0 heterocycles. The molecule has 0 radical (unpaired) electrons. The lowest BCUT2D eigenvalue weighted by Gasteiger charge is -2.16. The van der Waals surface area contributed by atoms with Crippen LogP contribution in [0.5, 0.6) is 0 Å². The van der Waals surface area contributed by atoms with Gasteiger partial charge in [0.05, 0.1) is 19.6 Å². The summed E-state index contributed by atoms with van der Waals surface area (Å²) >= 11 is 0. The first-order chi connectivity index (χ1) is 12.6. The third-order valence-electron chi connectivity index (χ3n) is 4.43. The highest BCUT2D eigenvalue weighted by atomic mass is 16.5. The van der Waals surface area contributed by atoms with E-state index in [0.717, 1.165) is 22.3 Å². The smallest absolute Gasteiger partial charge is 0.407 e. The first-order valence-corrected chi connectivity index (χ1v) is 8.27. The molecule has 1 atom stereocenters. The van der Waals surface area contributed by atoms with Crippen LogP contribution in [0.4, 0.5) is 4.79 Å². The van der Waals surface area contributed by atoms with Crippen LogP contribution < -0.4 is 5.32 Å². The number of fused-ring (bicyclic) bond motifs is 3. The van der Waals surface area contributed by atoms with Crippen molar-refractivity contribution in [1.29, 1.82) is 0 Å². The molecule has 6 nitrogen and oxygen atoms in total. The molecule has 2 aromatic carbocycles. The van der Waals surface area contributed by atoms with E-state index in [0.29, 0.717) is 6.29 Å². The average molecular weight is 353 g/mol. The van der Waals surface area contributed by atoms with Crippen LogP contribution in [-0.4, -0.2) is 38.1 Å². The molecule has 1 N–H and O–H groups in total. The molecule has 0 fully saturated rings. The number of rotatable bonds is 6. The normalized spacial score (nSPS) is 13.3. The zero-order chi connectivity index (χ0) is 18.5. The van der Waals surface area contributed by atoms with Gasteiger partial charge in [-0.2, -0.15) is 0 Å². The van der Waals surface area contributed by atoms with Gasteiger partial charge in [-0.05, 0) is 22.3 Å². The van der Waals surface area contributed by atoms with Crippen molar-refractivity contribution in [2.45, 2.75) is 18.4 Å². The van der Waals surface area contributed by atoms with Crippen molar-refractivity contribution in [2.75, 3.05) is 13.7 Å². The molecule has 0 spiro atoms. The van der Waals surface area contributed by atoms with Gasteiger partial charge in [0.15, 0.2) is 0 Å². The van der Waals surface area contributed by atoms with Gasteiger partial charge in [0, 0.05) is 5.92 Å². The van der Waals surface area contributed by atoms with E-state index in [-0.39, 0.29) is 18.9 Å². The van der Waals surface area contributed by atoms with Gasteiger partial charge in [-0.3, -0.25) is 4.79 Å². The molecule has 0 saturated carbocycles. The average Bonchev–Trinajstić information content (AvgIpc) is 2.99. The van der Waals surface area contributed by atoms with E-state index < -0.39 is 18.1 Å². The minimum atomic E-state index is -0.974. The van der Waals surface area contributed by atoms with Gasteiger partial charge in [0.25, 0.3) is 0 Å². The molecule has 134 valence electrons. The zero-order valence-corrected chi connectivity index (χ0v) is 14.3. The van der Waals surface area contributed by atoms with Crippen LogP contribution >= 0.6 is 0 Å². The highest BCUT2D eigenvalue weighted by Gasteiger charge is 2.29. The lowest BCUT2D eigenvalue weighted by molar-refractivity contribution is -0.141. The molecule has 1 aliphatic carbocycles. The topological polar surface area (TPSA) is 81.7 Å². The number of hydrogen-bond donors (Lipinski definition) is 1. The monoisotopic (exact) mass is 353 g/mol. The summed E-state index contributed by atoms with van der Waals surface area (Å²) in [6.07, 6.45) is -0.490. The molecular formula is C20H19NO5. The van der Waals surface area contributed by atoms with E-state index in [4.69, 9.17) is 4.74 Å². The van der Waals surface area contributed by atoms with E-state index in [1.165, 1.54) is 7.11 Å². The predicted octanol–water partition coefficient (Wildman–Crippen LogP) is 2.66. The Labute approximate surface area is 151 Å². The van der Waals surface area contributed by atoms with Crippen LogP contribution in [0.3, 0.4) is 0 Å². The summed E-state index contributed by atoms with van der Waals surface area (Å²) in [4.78, 5) is 34.3. The van der Waals surface area contributed by atoms with E-state index in [1.54, 1.807) is 0 Å². The summed E-state index contributed by atoms with van der Waals surface area (Å²) in [5.74, 6) is -0.649. The third kappa shape index (κ3) is 3.59. The number of alkyl carbamates (subject to hydrolysis) is 1. The van der Waals surface area contributed by atoms with Crippen molar-refractivity contribution in [2.24, 2.45) is 0 Å². The summed E-state index contributed by atoms with van der Waals surface area (Å²) in [6, 6.07) is 15.0. The second-order valence-corrected chi connectivity index (χ2v) is 5.99. The summed E-state index contributed by atoms with van der Waals surface area (Å²) in [5, 5.41) is 2.37. The Hall–Kier alpha value is -3.15. The van der Waals surface area contributed by atoms with Gasteiger partial charge < -0.3 is 19.6 Å². The van der Waals surface area contributed by atoms with Crippen LogP contribution in [-0.2, 0) is 19.1 Å². The number of amides is 1. The number of methoxy groups -OCH3 is 1. The summed E-state index contributed by atoms with van der Waals surface area (Å²) in [7, 11) is 1.22. The molecule has 0 bridgehead atoms. The summed E-state index contributed by atoms with van der Waals surface area (Å²) in [6.45, 7) is 0.143. The van der Waals surface area contributed by atoms with Crippen molar-refractivity contribution in [3.05, 3.63) is 59.7 Å². The maximum Gasteiger partial charge on any atom is 0.407 e. The van der Waals surface area contributed by atoms with Gasteiger partial charge in [0.2, 0.25) is 0 Å². The molecular weight excluding hydrogens is 334 g/mol. The standard InChI is InChI=1S/C20H19NO5/c1-25-19(23)10-13(11-22)21-20(24)26-12-18-16-8-4-2-6-14(16)15-7-3-5-9-17(15)18/h2-9,11,13,18H,10,12H2,1H3,(H,21,24)/t13-/m0/s1. The number of carbonyl (C=O) groups excluding carboxylic acids is 3. The second-order valence-electron chi connectivity index (χ2n) is 5.99. The minimum absolute atomic E-state index is 0.0663. The van der Waals surface area contributed by atoms with Gasteiger partial charge in [-0.1, -0.05) is 48.5 Å². The number of hydrogen-bond acceptors (Lipinski definition) is 5. The molecule has 1 amide bonds. The van der Waals surface area contributed by atoms with Crippen LogP contribution in [0.15, 0.2) is 48.5 Å². The highest BCUT2D eigenvalue weighted by Crippen LogP contribution is 2.44. The van der Waals surface area contributed by atoms with E-state index in [1.807, 2.05) is 48.5 Å². The maximum atomic E-state index is 12.0. The first kappa shape index (κ1) is 17.7. The van der Waals surface area contributed by atoms with Gasteiger partial charge in [0.1, 0.15) is 12.9 Å².